The molecule has 0 radical (unpaired) electrons. The van der Waals surface area contributed by atoms with Crippen molar-refractivity contribution >= 4 is 11.6 Å². The van der Waals surface area contributed by atoms with Crippen molar-refractivity contribution in [1.82, 2.24) is 4.90 Å². The van der Waals surface area contributed by atoms with Crippen LogP contribution in [0.1, 0.15) is 24.1 Å². The number of hydrogen-bond acceptors (Lipinski definition) is 4. The van der Waals surface area contributed by atoms with Crippen LogP contribution in [0.25, 0.3) is 0 Å². The van der Waals surface area contributed by atoms with Gasteiger partial charge in [-0.05, 0) is 23.3 Å². The summed E-state index contributed by atoms with van der Waals surface area (Å²) in [5.74, 6) is -0.382. The molecule has 2 unspecified atom stereocenters. The van der Waals surface area contributed by atoms with E-state index in [-0.39, 0.29) is 17.9 Å². The van der Waals surface area contributed by atoms with E-state index in [0.717, 1.165) is 44.1 Å². The normalized spacial score (nSPS) is 17.5. The Bertz CT molecular complexity index is 697. The van der Waals surface area contributed by atoms with Crippen LogP contribution in [0, 0.1) is 5.92 Å². The monoisotopic (exact) mass is 353 g/mol. The minimum absolute atomic E-state index is 0.0673. The molecule has 0 saturated carbocycles. The van der Waals surface area contributed by atoms with Gasteiger partial charge in [0.05, 0.1) is 19.1 Å². The lowest BCUT2D eigenvalue weighted by Gasteiger charge is -2.26. The van der Waals surface area contributed by atoms with Gasteiger partial charge in [-0.25, -0.2) is 0 Å². The number of carbonyl (C=O) groups is 1. The zero-order chi connectivity index (χ0) is 18.4. The number of nitrogens with two attached hydrogens (primary N) is 1. The summed E-state index contributed by atoms with van der Waals surface area (Å²) in [4.78, 5) is 14.9. The molecule has 1 aliphatic rings. The molecule has 2 aromatic carbocycles. The number of ether oxygens (including phenoxy) is 1. The Balaban J connectivity index is 1.55. The lowest BCUT2D eigenvalue weighted by Crippen LogP contribution is -2.35. The first-order valence-electron chi connectivity index (χ1n) is 9.14. The van der Waals surface area contributed by atoms with Crippen molar-refractivity contribution in [1.29, 1.82) is 0 Å². The van der Waals surface area contributed by atoms with Crippen LogP contribution in [0.15, 0.2) is 54.6 Å². The molecular weight excluding hydrogens is 326 g/mol. The molecule has 3 rings (SSSR count). The third kappa shape index (κ3) is 4.91. The second-order valence-corrected chi connectivity index (χ2v) is 6.80. The molecule has 0 spiro atoms. The maximum atomic E-state index is 12.5. The Labute approximate surface area is 155 Å². The number of carbonyl (C=O) groups excluding carboxylic acids is 1. The number of nitrogens with zero attached hydrogens (tertiary/aromatic N) is 1. The molecule has 1 amide bonds. The highest BCUT2D eigenvalue weighted by atomic mass is 16.5. The first-order chi connectivity index (χ1) is 12.6. The van der Waals surface area contributed by atoms with Crippen LogP contribution in [-0.2, 0) is 16.1 Å². The molecule has 5 nitrogen and oxygen atoms in total. The lowest BCUT2D eigenvalue weighted by atomic mass is 9.94. The van der Waals surface area contributed by atoms with Crippen LogP contribution in [0.4, 0.5) is 5.69 Å². The standard InChI is InChI=1S/C21H27N3O2/c1-16(20(22)18-5-3-2-4-6-18)21(25)23-19-9-7-17(8-10-19)15-24-11-13-26-14-12-24/h2-10,16,20H,11-15,22H2,1H3,(H,23,25). The average Bonchev–Trinajstić information content (AvgIpc) is 2.70. The van der Waals surface area contributed by atoms with E-state index in [1.54, 1.807) is 0 Å². The van der Waals surface area contributed by atoms with Crippen LogP contribution in [0.5, 0.6) is 0 Å². The molecule has 5 heteroatoms. The summed E-state index contributed by atoms with van der Waals surface area (Å²) in [6, 6.07) is 17.4. The van der Waals surface area contributed by atoms with Crippen molar-refractivity contribution in [2.45, 2.75) is 19.5 Å². The molecule has 138 valence electrons. The van der Waals surface area contributed by atoms with Crippen LogP contribution in [0.2, 0.25) is 0 Å². The summed E-state index contributed by atoms with van der Waals surface area (Å²) in [7, 11) is 0. The van der Waals surface area contributed by atoms with Gasteiger partial charge in [0.2, 0.25) is 5.91 Å². The minimum atomic E-state index is -0.322. The first kappa shape index (κ1) is 18.6. The molecule has 2 atom stereocenters. The van der Waals surface area contributed by atoms with Crippen molar-refractivity contribution in [2.75, 3.05) is 31.6 Å². The smallest absolute Gasteiger partial charge is 0.229 e. The van der Waals surface area contributed by atoms with Gasteiger partial charge < -0.3 is 15.8 Å². The molecule has 1 fully saturated rings. The highest BCUT2D eigenvalue weighted by Crippen LogP contribution is 2.21. The maximum Gasteiger partial charge on any atom is 0.229 e. The molecule has 0 aromatic heterocycles. The summed E-state index contributed by atoms with van der Waals surface area (Å²) in [6.45, 7) is 6.30. The number of anilines is 1. The third-order valence-corrected chi connectivity index (χ3v) is 4.87. The number of nitrogens with one attached hydrogen (secondary N) is 1. The van der Waals surface area contributed by atoms with Gasteiger partial charge in [0, 0.05) is 31.4 Å². The quantitative estimate of drug-likeness (QED) is 0.838. The van der Waals surface area contributed by atoms with Gasteiger partial charge in [-0.15, -0.1) is 0 Å². The van der Waals surface area contributed by atoms with Gasteiger partial charge in [0.15, 0.2) is 0 Å². The molecular formula is C21H27N3O2. The van der Waals surface area contributed by atoms with Gasteiger partial charge in [-0.2, -0.15) is 0 Å². The Morgan fingerprint density at radius 3 is 2.42 bits per heavy atom. The van der Waals surface area contributed by atoms with E-state index >= 15 is 0 Å². The van der Waals surface area contributed by atoms with Crippen molar-refractivity contribution in [3.63, 3.8) is 0 Å². The summed E-state index contributed by atoms with van der Waals surface area (Å²) < 4.78 is 5.37. The minimum Gasteiger partial charge on any atom is -0.379 e. The zero-order valence-corrected chi connectivity index (χ0v) is 15.2. The molecule has 2 aromatic rings. The SMILES string of the molecule is CC(C(=O)Nc1ccc(CN2CCOCC2)cc1)C(N)c1ccccc1. The van der Waals surface area contributed by atoms with E-state index in [9.17, 15) is 4.79 Å². The van der Waals surface area contributed by atoms with Crippen molar-refractivity contribution in [3.8, 4) is 0 Å². The lowest BCUT2D eigenvalue weighted by molar-refractivity contribution is -0.120. The first-order valence-corrected chi connectivity index (χ1v) is 9.14. The second-order valence-electron chi connectivity index (χ2n) is 6.80. The van der Waals surface area contributed by atoms with Crippen molar-refractivity contribution < 1.29 is 9.53 Å². The second kappa shape index (κ2) is 8.94. The Morgan fingerprint density at radius 2 is 1.77 bits per heavy atom. The van der Waals surface area contributed by atoms with Gasteiger partial charge in [0.1, 0.15) is 0 Å². The number of morpholine rings is 1. The molecule has 0 aliphatic carbocycles. The van der Waals surface area contributed by atoms with E-state index in [4.69, 9.17) is 10.5 Å². The molecule has 26 heavy (non-hydrogen) atoms. The van der Waals surface area contributed by atoms with Crippen molar-refractivity contribution in [2.24, 2.45) is 11.7 Å². The third-order valence-electron chi connectivity index (χ3n) is 4.87. The van der Waals surface area contributed by atoms with E-state index < -0.39 is 0 Å². The van der Waals surface area contributed by atoms with Crippen LogP contribution < -0.4 is 11.1 Å². The fraction of sp³-hybridized carbons (Fsp3) is 0.381. The van der Waals surface area contributed by atoms with E-state index in [1.165, 1.54) is 5.56 Å². The van der Waals surface area contributed by atoms with Gasteiger partial charge in [-0.1, -0.05) is 49.4 Å². The molecule has 1 saturated heterocycles. The molecule has 1 heterocycles. The zero-order valence-electron chi connectivity index (χ0n) is 15.2. The molecule has 0 bridgehead atoms. The van der Waals surface area contributed by atoms with Crippen LogP contribution >= 0.6 is 0 Å². The Hall–Kier alpha value is -2.21. The Morgan fingerprint density at radius 1 is 1.12 bits per heavy atom. The fourth-order valence-electron chi connectivity index (χ4n) is 3.09. The van der Waals surface area contributed by atoms with E-state index in [2.05, 4.69) is 22.3 Å². The average molecular weight is 353 g/mol. The number of amides is 1. The predicted octanol–water partition coefficient (Wildman–Crippen LogP) is 2.79. The Kier molecular flexibility index (Phi) is 6.39. The highest BCUT2D eigenvalue weighted by Gasteiger charge is 2.22. The van der Waals surface area contributed by atoms with Crippen molar-refractivity contribution in [3.05, 3.63) is 65.7 Å². The highest BCUT2D eigenvalue weighted by molar-refractivity contribution is 5.92. The van der Waals surface area contributed by atoms with E-state index in [1.807, 2.05) is 49.4 Å². The van der Waals surface area contributed by atoms with Crippen LogP contribution in [-0.4, -0.2) is 37.1 Å². The summed E-state index contributed by atoms with van der Waals surface area (Å²) in [5.41, 5.74) is 9.25. The number of rotatable bonds is 6. The summed E-state index contributed by atoms with van der Waals surface area (Å²) in [6.07, 6.45) is 0. The molecule has 1 aliphatic heterocycles. The number of benzene rings is 2. The fourth-order valence-corrected chi connectivity index (χ4v) is 3.09. The summed E-state index contributed by atoms with van der Waals surface area (Å²) in [5, 5.41) is 2.97. The predicted molar refractivity (Wildman–Crippen MR) is 104 cm³/mol. The largest absolute Gasteiger partial charge is 0.379 e. The summed E-state index contributed by atoms with van der Waals surface area (Å²) >= 11 is 0. The topological polar surface area (TPSA) is 67.6 Å². The molecule has 3 N–H and O–H groups in total. The maximum absolute atomic E-state index is 12.5. The van der Waals surface area contributed by atoms with Gasteiger partial charge >= 0.3 is 0 Å². The van der Waals surface area contributed by atoms with E-state index in [0.29, 0.717) is 0 Å². The van der Waals surface area contributed by atoms with Gasteiger partial charge in [-0.3, -0.25) is 9.69 Å². The number of hydrogen-bond donors (Lipinski definition) is 2. The van der Waals surface area contributed by atoms with Crippen LogP contribution in [0.3, 0.4) is 0 Å². The van der Waals surface area contributed by atoms with Gasteiger partial charge in [0.25, 0.3) is 0 Å².